The maximum atomic E-state index is 13.3. The fourth-order valence-corrected chi connectivity index (χ4v) is 6.23. The summed E-state index contributed by atoms with van der Waals surface area (Å²) in [7, 11) is -3.18. The standard InChI is InChI=1S/C26H19Cl2N2O2P.Li/c27-21-15-11-19(12-16-21)25(31)29-33(23-7-3-1-4-8-23,24-9-5-2-6-10-24)30-26(32)20-13-17-22(28)18-14-20;/h1-18H,(H,29,31);/q;+1/p-1. The molecule has 0 spiro atoms. The Morgan fingerprint density at radius 2 is 1.03 bits per heavy atom. The molecule has 0 atom stereocenters. The Kier molecular flexibility index (Phi) is 8.97. The van der Waals surface area contributed by atoms with Crippen LogP contribution in [0.25, 0.3) is 5.09 Å². The summed E-state index contributed by atoms with van der Waals surface area (Å²) in [6.45, 7) is 0. The SMILES string of the molecule is O=C(N=P([N-]C(=O)c1ccc(Cl)cc1)(c1ccccc1)c1ccccc1)c1ccc(Cl)cc1.[Li+]. The molecule has 4 aromatic rings. The zero-order valence-electron chi connectivity index (χ0n) is 18.3. The summed E-state index contributed by atoms with van der Waals surface area (Å²) >= 11 is 12.0. The van der Waals surface area contributed by atoms with Crippen molar-refractivity contribution < 1.29 is 28.4 Å². The van der Waals surface area contributed by atoms with Crippen LogP contribution in [0.5, 0.6) is 0 Å². The fourth-order valence-electron chi connectivity index (χ4n) is 3.24. The monoisotopic (exact) mass is 498 g/mol. The third-order valence-electron chi connectivity index (χ3n) is 4.89. The fraction of sp³-hybridized carbons (Fsp3) is 0. The first-order valence-electron chi connectivity index (χ1n) is 10.0. The normalized spacial score (nSPS) is 10.6. The Balaban J connectivity index is 0.00000324. The summed E-state index contributed by atoms with van der Waals surface area (Å²) in [5.41, 5.74) is 0.731. The molecule has 0 aliphatic rings. The number of rotatable bonds is 5. The Bertz CT molecular complexity index is 1290. The third kappa shape index (κ3) is 5.91. The average Bonchev–Trinajstić information content (AvgIpc) is 2.85. The molecule has 4 rings (SSSR count). The van der Waals surface area contributed by atoms with Gasteiger partial charge >= 0.3 is 18.9 Å². The Morgan fingerprint density at radius 1 is 0.618 bits per heavy atom. The predicted molar refractivity (Wildman–Crippen MR) is 136 cm³/mol. The quantitative estimate of drug-likeness (QED) is 0.307. The molecule has 0 aromatic heterocycles. The van der Waals surface area contributed by atoms with Gasteiger partial charge in [-0.3, -0.25) is 4.79 Å². The van der Waals surface area contributed by atoms with Crippen LogP contribution in [0.1, 0.15) is 20.7 Å². The van der Waals surface area contributed by atoms with E-state index in [1.165, 1.54) is 0 Å². The third-order valence-corrected chi connectivity index (χ3v) is 8.37. The molecule has 0 saturated carbocycles. The van der Waals surface area contributed by atoms with Crippen molar-refractivity contribution >= 4 is 52.8 Å². The molecule has 4 nitrogen and oxygen atoms in total. The molecular weight excluding hydrogens is 481 g/mol. The van der Waals surface area contributed by atoms with Gasteiger partial charge in [0, 0.05) is 15.6 Å². The van der Waals surface area contributed by atoms with Crippen LogP contribution in [0, 0.1) is 0 Å². The van der Waals surface area contributed by atoms with Gasteiger partial charge in [-0.1, -0.05) is 96.0 Å². The van der Waals surface area contributed by atoms with Crippen molar-refractivity contribution in [3.8, 4) is 0 Å². The molecule has 0 bridgehead atoms. The van der Waals surface area contributed by atoms with Crippen LogP contribution in [-0.2, 0) is 0 Å². The largest absolute Gasteiger partial charge is 1.00 e. The van der Waals surface area contributed by atoms with Gasteiger partial charge in [0.2, 0.25) is 0 Å². The van der Waals surface area contributed by atoms with Crippen molar-refractivity contribution in [1.29, 1.82) is 0 Å². The van der Waals surface area contributed by atoms with Gasteiger partial charge in [-0.15, -0.1) is 0 Å². The maximum Gasteiger partial charge on any atom is 1.00 e. The second-order valence-electron chi connectivity index (χ2n) is 7.10. The summed E-state index contributed by atoms with van der Waals surface area (Å²) in [6.07, 6.45) is 0. The van der Waals surface area contributed by atoms with E-state index < -0.39 is 19.0 Å². The zero-order valence-corrected chi connectivity index (χ0v) is 20.7. The summed E-state index contributed by atoms with van der Waals surface area (Å²) in [6, 6.07) is 31.5. The number of carbonyl (C=O) groups is 2. The Labute approximate surface area is 220 Å². The second-order valence-corrected chi connectivity index (χ2v) is 10.6. The van der Waals surface area contributed by atoms with E-state index in [0.717, 1.165) is 0 Å². The number of halogens is 2. The summed E-state index contributed by atoms with van der Waals surface area (Å²) in [4.78, 5) is 26.6. The van der Waals surface area contributed by atoms with Crippen molar-refractivity contribution in [2.24, 2.45) is 4.74 Å². The van der Waals surface area contributed by atoms with Gasteiger partial charge in [-0.25, -0.2) is 4.74 Å². The van der Waals surface area contributed by atoms with Gasteiger partial charge in [0.05, 0.1) is 5.91 Å². The number of hydrogen-bond acceptors (Lipinski definition) is 2. The second kappa shape index (κ2) is 11.7. The van der Waals surface area contributed by atoms with Gasteiger partial charge in [0.25, 0.3) is 5.91 Å². The molecular formula is C26H18Cl2LiN2O2P. The molecule has 0 fully saturated rings. The first-order valence-corrected chi connectivity index (χ1v) is 12.5. The van der Waals surface area contributed by atoms with Crippen molar-refractivity contribution in [3.05, 3.63) is 135 Å². The van der Waals surface area contributed by atoms with Crippen molar-refractivity contribution in [2.45, 2.75) is 0 Å². The molecule has 0 N–H and O–H groups in total. The van der Waals surface area contributed by atoms with Crippen LogP contribution in [0.3, 0.4) is 0 Å². The van der Waals surface area contributed by atoms with Crippen molar-refractivity contribution in [2.75, 3.05) is 0 Å². The van der Waals surface area contributed by atoms with E-state index in [-0.39, 0.29) is 18.9 Å². The first kappa shape index (κ1) is 26.0. The van der Waals surface area contributed by atoms with Gasteiger partial charge in [0.15, 0.2) is 0 Å². The first-order chi connectivity index (χ1) is 16.0. The van der Waals surface area contributed by atoms with Gasteiger partial charge < -0.3 is 9.88 Å². The molecule has 2 amide bonds. The molecule has 0 aliphatic carbocycles. The van der Waals surface area contributed by atoms with Crippen LogP contribution in [0.2, 0.25) is 10.0 Å². The average molecular weight is 499 g/mol. The minimum Gasteiger partial charge on any atom is -0.603 e. The van der Waals surface area contributed by atoms with Crippen LogP contribution in [0.15, 0.2) is 114 Å². The van der Waals surface area contributed by atoms with E-state index >= 15 is 0 Å². The number of hydrogen-bond donors (Lipinski definition) is 0. The van der Waals surface area contributed by atoms with E-state index in [9.17, 15) is 9.59 Å². The molecule has 0 radical (unpaired) electrons. The van der Waals surface area contributed by atoms with E-state index in [2.05, 4.69) is 9.83 Å². The predicted octanol–water partition coefficient (Wildman–Crippen LogP) is 4.12. The van der Waals surface area contributed by atoms with E-state index in [1.807, 2.05) is 60.7 Å². The summed E-state index contributed by atoms with van der Waals surface area (Å²) < 4.78 is 4.65. The Hall–Kier alpha value is -2.57. The molecule has 0 heterocycles. The molecule has 164 valence electrons. The van der Waals surface area contributed by atoms with Crippen LogP contribution in [-0.4, -0.2) is 11.8 Å². The molecule has 8 heteroatoms. The minimum atomic E-state index is -3.18. The zero-order chi connectivity index (χ0) is 23.3. The van der Waals surface area contributed by atoms with E-state index in [0.29, 0.717) is 31.8 Å². The van der Waals surface area contributed by atoms with E-state index in [1.54, 1.807) is 48.5 Å². The summed E-state index contributed by atoms with van der Waals surface area (Å²) in [5.74, 6) is -0.944. The topological polar surface area (TPSA) is 60.6 Å². The van der Waals surface area contributed by atoms with Crippen LogP contribution < -0.4 is 29.5 Å². The maximum absolute atomic E-state index is 13.3. The van der Waals surface area contributed by atoms with Crippen LogP contribution >= 0.6 is 30.4 Å². The Morgan fingerprint density at radius 3 is 1.47 bits per heavy atom. The van der Waals surface area contributed by atoms with Gasteiger partial charge in [-0.05, 0) is 59.8 Å². The number of nitrogens with zero attached hydrogens (tertiary/aromatic N) is 2. The van der Waals surface area contributed by atoms with E-state index in [4.69, 9.17) is 23.2 Å². The smallest absolute Gasteiger partial charge is 0.603 e. The summed E-state index contributed by atoms with van der Waals surface area (Å²) in [5, 5.41) is 7.07. The molecule has 4 aromatic carbocycles. The molecule has 0 aliphatic heterocycles. The van der Waals surface area contributed by atoms with Gasteiger partial charge in [-0.2, -0.15) is 0 Å². The van der Waals surface area contributed by atoms with Gasteiger partial charge in [0.1, 0.15) is 0 Å². The minimum absolute atomic E-state index is 0. The number of carbonyl (C=O) groups excluding carboxylic acids is 2. The number of amides is 2. The van der Waals surface area contributed by atoms with Crippen LogP contribution in [0.4, 0.5) is 0 Å². The van der Waals surface area contributed by atoms with Crippen molar-refractivity contribution in [1.82, 2.24) is 0 Å². The molecule has 0 saturated heterocycles. The van der Waals surface area contributed by atoms with Crippen molar-refractivity contribution in [3.63, 3.8) is 0 Å². The number of benzene rings is 4. The molecule has 0 unspecified atom stereocenters. The molecule has 34 heavy (non-hydrogen) atoms.